The van der Waals surface area contributed by atoms with Crippen molar-refractivity contribution in [1.29, 1.82) is 0 Å². The molecule has 1 fully saturated rings. The number of nitrogens with zero attached hydrogens (tertiary/aromatic N) is 4. The van der Waals surface area contributed by atoms with E-state index in [1.54, 1.807) is 18.3 Å². The minimum absolute atomic E-state index is 0.0196. The van der Waals surface area contributed by atoms with Gasteiger partial charge >= 0.3 is 0 Å². The minimum atomic E-state index is -0.0196. The van der Waals surface area contributed by atoms with Gasteiger partial charge in [0, 0.05) is 30.9 Å². The molecule has 0 bridgehead atoms. The molecule has 2 aromatic heterocycles. The third kappa shape index (κ3) is 3.36. The van der Waals surface area contributed by atoms with Crippen molar-refractivity contribution in [3.05, 3.63) is 66.1 Å². The monoisotopic (exact) mass is 332 g/mol. The molecule has 126 valence electrons. The van der Waals surface area contributed by atoms with Gasteiger partial charge in [0.2, 0.25) is 0 Å². The quantitative estimate of drug-likeness (QED) is 0.739. The Morgan fingerprint density at radius 3 is 2.88 bits per heavy atom. The van der Waals surface area contributed by atoms with Crippen LogP contribution < -0.4 is 0 Å². The zero-order valence-corrected chi connectivity index (χ0v) is 14.0. The van der Waals surface area contributed by atoms with Gasteiger partial charge in [-0.3, -0.25) is 9.78 Å². The van der Waals surface area contributed by atoms with Crippen molar-refractivity contribution in [2.45, 2.75) is 19.3 Å². The molecule has 0 saturated carbocycles. The van der Waals surface area contributed by atoms with Crippen molar-refractivity contribution in [3.63, 3.8) is 0 Å². The summed E-state index contributed by atoms with van der Waals surface area (Å²) in [7, 11) is 0. The number of carbonyl (C=O) groups is 1. The van der Waals surface area contributed by atoms with Crippen LogP contribution in [0.15, 0.2) is 54.9 Å². The van der Waals surface area contributed by atoms with Crippen LogP contribution in [0, 0.1) is 5.92 Å². The molecule has 1 aliphatic rings. The van der Waals surface area contributed by atoms with Crippen LogP contribution in [0.5, 0.6) is 0 Å². The SMILES string of the molecule is O=C(c1cccnn1)N1CCCC(Cc2cccc3cccnc23)C1. The Morgan fingerprint density at radius 2 is 2.00 bits per heavy atom. The molecule has 5 nitrogen and oxygen atoms in total. The van der Waals surface area contributed by atoms with Crippen LogP contribution in [0.3, 0.4) is 0 Å². The smallest absolute Gasteiger partial charge is 0.274 e. The summed E-state index contributed by atoms with van der Waals surface area (Å²) >= 11 is 0. The van der Waals surface area contributed by atoms with E-state index in [0.717, 1.165) is 37.9 Å². The van der Waals surface area contributed by atoms with Gasteiger partial charge in [0.05, 0.1) is 5.52 Å². The van der Waals surface area contributed by atoms with Gasteiger partial charge in [-0.1, -0.05) is 24.3 Å². The Kier molecular flexibility index (Phi) is 4.37. The van der Waals surface area contributed by atoms with E-state index in [9.17, 15) is 4.79 Å². The molecule has 5 heteroatoms. The second-order valence-electron chi connectivity index (χ2n) is 6.56. The molecule has 1 amide bonds. The van der Waals surface area contributed by atoms with Crippen LogP contribution in [-0.4, -0.2) is 39.1 Å². The maximum atomic E-state index is 12.6. The first kappa shape index (κ1) is 15.7. The molecule has 0 N–H and O–H groups in total. The average Bonchev–Trinajstić information content (AvgIpc) is 2.69. The molecule has 0 radical (unpaired) electrons. The summed E-state index contributed by atoms with van der Waals surface area (Å²) in [6.45, 7) is 1.55. The number of amides is 1. The Balaban J connectivity index is 1.51. The van der Waals surface area contributed by atoms with Crippen LogP contribution in [0.4, 0.5) is 0 Å². The Labute approximate surface area is 146 Å². The number of carbonyl (C=O) groups excluding carboxylic acids is 1. The molecule has 3 aromatic rings. The number of fused-ring (bicyclic) bond motifs is 1. The van der Waals surface area contributed by atoms with Crippen molar-refractivity contribution >= 4 is 16.8 Å². The van der Waals surface area contributed by atoms with Crippen molar-refractivity contribution in [2.75, 3.05) is 13.1 Å². The summed E-state index contributed by atoms with van der Waals surface area (Å²) in [4.78, 5) is 19.1. The van der Waals surface area contributed by atoms with E-state index in [2.05, 4.69) is 39.4 Å². The zero-order valence-electron chi connectivity index (χ0n) is 14.0. The molecule has 1 aromatic carbocycles. The fourth-order valence-electron chi connectivity index (χ4n) is 3.64. The molecule has 0 aliphatic carbocycles. The first-order chi connectivity index (χ1) is 12.3. The second kappa shape index (κ2) is 6.97. The highest BCUT2D eigenvalue weighted by Crippen LogP contribution is 2.25. The second-order valence-corrected chi connectivity index (χ2v) is 6.56. The number of piperidine rings is 1. The number of hydrogen-bond donors (Lipinski definition) is 0. The third-order valence-corrected chi connectivity index (χ3v) is 4.82. The first-order valence-electron chi connectivity index (χ1n) is 8.71. The van der Waals surface area contributed by atoms with Gasteiger partial charge in [0.25, 0.3) is 5.91 Å². The van der Waals surface area contributed by atoms with Gasteiger partial charge in [0.15, 0.2) is 5.69 Å². The molecule has 1 unspecified atom stereocenters. The van der Waals surface area contributed by atoms with Crippen LogP contribution in [-0.2, 0) is 6.42 Å². The molecular formula is C20H20N4O. The lowest BCUT2D eigenvalue weighted by atomic mass is 9.90. The molecule has 4 rings (SSSR count). The van der Waals surface area contributed by atoms with Crippen molar-refractivity contribution in [1.82, 2.24) is 20.1 Å². The number of para-hydroxylation sites is 1. The Hall–Kier alpha value is -2.82. The summed E-state index contributed by atoms with van der Waals surface area (Å²) in [5.74, 6) is 0.427. The third-order valence-electron chi connectivity index (χ3n) is 4.82. The van der Waals surface area contributed by atoms with Crippen LogP contribution >= 0.6 is 0 Å². The number of hydrogen-bond acceptors (Lipinski definition) is 4. The predicted octanol–water partition coefficient (Wildman–Crippen LogP) is 3.12. The fraction of sp³-hybridized carbons (Fsp3) is 0.300. The van der Waals surface area contributed by atoms with Crippen molar-refractivity contribution in [2.24, 2.45) is 5.92 Å². The molecular weight excluding hydrogens is 312 g/mol. The summed E-state index contributed by atoms with van der Waals surface area (Å²) in [5.41, 5.74) is 2.76. The van der Waals surface area contributed by atoms with E-state index in [4.69, 9.17) is 0 Å². The first-order valence-corrected chi connectivity index (χ1v) is 8.71. The van der Waals surface area contributed by atoms with Crippen LogP contribution in [0.2, 0.25) is 0 Å². The zero-order chi connectivity index (χ0) is 17.1. The molecule has 1 atom stereocenters. The highest BCUT2D eigenvalue weighted by molar-refractivity contribution is 5.92. The van der Waals surface area contributed by atoms with E-state index in [1.807, 2.05) is 17.2 Å². The van der Waals surface area contributed by atoms with Gasteiger partial charge in [-0.25, -0.2) is 0 Å². The lowest BCUT2D eigenvalue weighted by molar-refractivity contribution is 0.0666. The summed E-state index contributed by atoms with van der Waals surface area (Å²) in [6.07, 6.45) is 6.53. The highest BCUT2D eigenvalue weighted by atomic mass is 16.2. The number of pyridine rings is 1. The largest absolute Gasteiger partial charge is 0.337 e. The molecule has 3 heterocycles. The maximum absolute atomic E-state index is 12.6. The van der Waals surface area contributed by atoms with E-state index in [0.29, 0.717) is 11.6 Å². The molecule has 1 saturated heterocycles. The van der Waals surface area contributed by atoms with Crippen molar-refractivity contribution in [3.8, 4) is 0 Å². The topological polar surface area (TPSA) is 59.0 Å². The average molecular weight is 332 g/mol. The number of rotatable bonds is 3. The van der Waals surface area contributed by atoms with E-state index >= 15 is 0 Å². The molecule has 25 heavy (non-hydrogen) atoms. The lowest BCUT2D eigenvalue weighted by Gasteiger charge is -2.32. The Bertz CT molecular complexity index is 876. The maximum Gasteiger partial charge on any atom is 0.274 e. The number of likely N-dealkylation sites (tertiary alicyclic amines) is 1. The standard InChI is InChI=1S/C20H20N4O/c25-20(18-9-3-11-22-23-18)24-12-4-5-15(14-24)13-17-7-1-6-16-8-2-10-21-19(16)17/h1-3,6-11,15H,4-5,12-14H2. The predicted molar refractivity (Wildman–Crippen MR) is 96.1 cm³/mol. The van der Waals surface area contributed by atoms with E-state index < -0.39 is 0 Å². The van der Waals surface area contributed by atoms with Gasteiger partial charge in [-0.15, -0.1) is 5.10 Å². The summed E-state index contributed by atoms with van der Waals surface area (Å²) < 4.78 is 0. The number of benzene rings is 1. The normalized spacial score (nSPS) is 17.6. The van der Waals surface area contributed by atoms with Gasteiger partial charge in [0.1, 0.15) is 0 Å². The van der Waals surface area contributed by atoms with Gasteiger partial charge < -0.3 is 4.90 Å². The van der Waals surface area contributed by atoms with Gasteiger partial charge in [-0.2, -0.15) is 5.10 Å². The summed E-state index contributed by atoms with van der Waals surface area (Å²) in [6, 6.07) is 13.9. The highest BCUT2D eigenvalue weighted by Gasteiger charge is 2.25. The van der Waals surface area contributed by atoms with Crippen molar-refractivity contribution < 1.29 is 4.79 Å². The molecule has 1 aliphatic heterocycles. The lowest BCUT2D eigenvalue weighted by Crippen LogP contribution is -2.40. The molecule has 0 spiro atoms. The minimum Gasteiger partial charge on any atom is -0.337 e. The number of aromatic nitrogens is 3. The van der Waals surface area contributed by atoms with Crippen LogP contribution in [0.25, 0.3) is 10.9 Å². The van der Waals surface area contributed by atoms with Crippen LogP contribution in [0.1, 0.15) is 28.9 Å². The Morgan fingerprint density at radius 1 is 1.12 bits per heavy atom. The van der Waals surface area contributed by atoms with Gasteiger partial charge in [-0.05, 0) is 48.9 Å². The summed E-state index contributed by atoms with van der Waals surface area (Å²) in [5, 5.41) is 8.94. The van der Waals surface area contributed by atoms with E-state index in [1.165, 1.54) is 10.9 Å². The fourth-order valence-corrected chi connectivity index (χ4v) is 3.64. The van der Waals surface area contributed by atoms with E-state index in [-0.39, 0.29) is 5.91 Å².